The van der Waals surface area contributed by atoms with Gasteiger partial charge in [-0.2, -0.15) is 0 Å². The van der Waals surface area contributed by atoms with Gasteiger partial charge in [-0.15, -0.1) is 0 Å². The van der Waals surface area contributed by atoms with E-state index in [-0.39, 0.29) is 17.7 Å². The minimum absolute atomic E-state index is 0.161. The number of carbonyl (C=O) groups is 2. The van der Waals surface area contributed by atoms with Gasteiger partial charge >= 0.3 is 5.97 Å². The highest BCUT2D eigenvalue weighted by atomic mass is 16.5. The number of hydrogen-bond donors (Lipinski definition) is 2. The van der Waals surface area contributed by atoms with Crippen molar-refractivity contribution >= 4 is 11.9 Å². The molecule has 19 heavy (non-hydrogen) atoms. The van der Waals surface area contributed by atoms with E-state index in [2.05, 4.69) is 10.5 Å². The molecule has 2 unspecified atom stereocenters. The second-order valence-corrected chi connectivity index (χ2v) is 5.00. The highest BCUT2D eigenvalue weighted by molar-refractivity contribution is 5.93. The molecular weight excluding hydrogens is 248 g/mol. The summed E-state index contributed by atoms with van der Waals surface area (Å²) >= 11 is 0. The summed E-state index contributed by atoms with van der Waals surface area (Å²) in [7, 11) is 0. The van der Waals surface area contributed by atoms with E-state index in [1.807, 2.05) is 0 Å². The predicted molar refractivity (Wildman–Crippen MR) is 66.7 cm³/mol. The Bertz CT molecular complexity index is 469. The van der Waals surface area contributed by atoms with E-state index in [4.69, 9.17) is 4.52 Å². The molecule has 6 nitrogen and oxygen atoms in total. The van der Waals surface area contributed by atoms with Crippen molar-refractivity contribution in [3.8, 4) is 0 Å². The van der Waals surface area contributed by atoms with Crippen LogP contribution in [0.15, 0.2) is 10.7 Å². The van der Waals surface area contributed by atoms with Crippen LogP contribution in [0.4, 0.5) is 0 Å². The monoisotopic (exact) mass is 266 g/mol. The number of amides is 1. The number of aliphatic carboxylic acids is 1. The van der Waals surface area contributed by atoms with Crippen molar-refractivity contribution in [1.82, 2.24) is 10.5 Å². The molecule has 0 aromatic carbocycles. The Balaban J connectivity index is 2.08. The fourth-order valence-electron chi connectivity index (χ4n) is 2.52. The van der Waals surface area contributed by atoms with Gasteiger partial charge in [0.1, 0.15) is 0 Å². The van der Waals surface area contributed by atoms with E-state index in [9.17, 15) is 14.7 Å². The molecule has 1 saturated carbocycles. The van der Waals surface area contributed by atoms with Crippen molar-refractivity contribution in [2.45, 2.75) is 45.1 Å². The number of aromatic nitrogens is 1. The lowest BCUT2D eigenvalue weighted by molar-refractivity contribution is -0.142. The molecule has 2 rings (SSSR count). The van der Waals surface area contributed by atoms with Crippen LogP contribution in [0.5, 0.6) is 0 Å². The summed E-state index contributed by atoms with van der Waals surface area (Å²) in [6, 6.07) is -0.336. The van der Waals surface area contributed by atoms with Gasteiger partial charge in [-0.05, 0) is 19.8 Å². The van der Waals surface area contributed by atoms with Crippen molar-refractivity contribution in [3.05, 3.63) is 17.5 Å². The molecule has 1 fully saturated rings. The first-order valence-corrected chi connectivity index (χ1v) is 6.54. The Morgan fingerprint density at radius 2 is 2.11 bits per heavy atom. The topological polar surface area (TPSA) is 92.4 Å². The molecule has 0 radical (unpaired) electrons. The average Bonchev–Trinajstić information content (AvgIpc) is 2.65. The fraction of sp³-hybridized carbons (Fsp3) is 0.615. The molecule has 1 amide bonds. The number of rotatable bonds is 3. The Kier molecular flexibility index (Phi) is 4.19. The van der Waals surface area contributed by atoms with Gasteiger partial charge in [0.2, 0.25) is 5.76 Å². The van der Waals surface area contributed by atoms with Gasteiger partial charge in [-0.3, -0.25) is 9.59 Å². The summed E-state index contributed by atoms with van der Waals surface area (Å²) in [5, 5.41) is 15.6. The zero-order valence-electron chi connectivity index (χ0n) is 10.9. The third kappa shape index (κ3) is 3.13. The zero-order valence-corrected chi connectivity index (χ0v) is 10.9. The van der Waals surface area contributed by atoms with Crippen molar-refractivity contribution in [2.24, 2.45) is 5.92 Å². The number of carboxylic acid groups (broad SMARTS) is 1. The van der Waals surface area contributed by atoms with Crippen LogP contribution in [0.2, 0.25) is 0 Å². The summed E-state index contributed by atoms with van der Waals surface area (Å²) in [4.78, 5) is 23.3. The first kappa shape index (κ1) is 13.6. The molecule has 0 spiro atoms. The van der Waals surface area contributed by atoms with Gasteiger partial charge in [-0.25, -0.2) is 0 Å². The van der Waals surface area contributed by atoms with Crippen LogP contribution < -0.4 is 5.32 Å². The Morgan fingerprint density at radius 3 is 2.74 bits per heavy atom. The maximum absolute atomic E-state index is 12.0. The molecule has 1 aliphatic rings. The van der Waals surface area contributed by atoms with Crippen LogP contribution in [-0.4, -0.2) is 28.2 Å². The number of nitrogens with one attached hydrogen (secondary N) is 1. The SMILES string of the molecule is Cc1cnoc1C(=O)NC1CCCCCC1C(=O)O. The second kappa shape index (κ2) is 5.86. The van der Waals surface area contributed by atoms with Gasteiger partial charge < -0.3 is 14.9 Å². The maximum atomic E-state index is 12.0. The Labute approximate surface area is 111 Å². The average molecular weight is 266 g/mol. The highest BCUT2D eigenvalue weighted by Crippen LogP contribution is 2.24. The predicted octanol–water partition coefficient (Wildman–Crippen LogP) is 1.75. The first-order valence-electron chi connectivity index (χ1n) is 6.54. The molecule has 2 atom stereocenters. The van der Waals surface area contributed by atoms with Gasteiger partial charge in [0.15, 0.2) is 0 Å². The smallest absolute Gasteiger partial charge is 0.308 e. The molecular formula is C13H18N2O4. The lowest BCUT2D eigenvalue weighted by Gasteiger charge is -2.22. The third-order valence-corrected chi connectivity index (χ3v) is 3.60. The Hall–Kier alpha value is -1.85. The van der Waals surface area contributed by atoms with E-state index >= 15 is 0 Å². The van der Waals surface area contributed by atoms with Gasteiger partial charge in [-0.1, -0.05) is 24.4 Å². The molecule has 104 valence electrons. The maximum Gasteiger partial charge on any atom is 0.308 e. The second-order valence-electron chi connectivity index (χ2n) is 5.00. The molecule has 0 aliphatic heterocycles. The summed E-state index contributed by atoms with van der Waals surface area (Å²) in [6.07, 6.45) is 5.61. The summed E-state index contributed by atoms with van der Waals surface area (Å²) < 4.78 is 4.89. The van der Waals surface area contributed by atoms with Gasteiger partial charge in [0, 0.05) is 11.6 Å². The molecule has 1 heterocycles. The number of hydrogen-bond acceptors (Lipinski definition) is 4. The van der Waals surface area contributed by atoms with Crippen LogP contribution in [0, 0.1) is 12.8 Å². The normalized spacial score (nSPS) is 23.6. The highest BCUT2D eigenvalue weighted by Gasteiger charge is 2.31. The molecule has 0 bridgehead atoms. The van der Waals surface area contributed by atoms with E-state index in [0.29, 0.717) is 18.4 Å². The summed E-state index contributed by atoms with van der Waals surface area (Å²) in [5.74, 6) is -1.59. The van der Waals surface area contributed by atoms with Crippen LogP contribution in [0.3, 0.4) is 0 Å². The standard InChI is InChI=1S/C13H18N2O4/c1-8-7-14-19-11(8)12(16)15-10-6-4-2-3-5-9(10)13(17)18/h7,9-10H,2-6H2,1H3,(H,15,16)(H,17,18). The minimum Gasteiger partial charge on any atom is -0.481 e. The quantitative estimate of drug-likeness (QED) is 0.813. The largest absolute Gasteiger partial charge is 0.481 e. The molecule has 2 N–H and O–H groups in total. The summed E-state index contributed by atoms with van der Waals surface area (Å²) in [6.45, 7) is 1.73. The zero-order chi connectivity index (χ0) is 13.8. The molecule has 0 saturated heterocycles. The number of nitrogens with zero attached hydrogens (tertiary/aromatic N) is 1. The van der Waals surface area contributed by atoms with E-state index in [1.54, 1.807) is 6.92 Å². The third-order valence-electron chi connectivity index (χ3n) is 3.60. The van der Waals surface area contributed by atoms with Crippen molar-refractivity contribution in [1.29, 1.82) is 0 Å². The lowest BCUT2D eigenvalue weighted by atomic mass is 9.95. The number of carboxylic acids is 1. The molecule has 1 aromatic rings. The van der Waals surface area contributed by atoms with Crippen LogP contribution in [-0.2, 0) is 4.79 Å². The molecule has 6 heteroatoms. The van der Waals surface area contributed by atoms with Crippen molar-refractivity contribution in [3.63, 3.8) is 0 Å². The lowest BCUT2D eigenvalue weighted by Crippen LogP contribution is -2.42. The van der Waals surface area contributed by atoms with Crippen molar-refractivity contribution in [2.75, 3.05) is 0 Å². The first-order chi connectivity index (χ1) is 9.09. The van der Waals surface area contributed by atoms with Crippen LogP contribution in [0.25, 0.3) is 0 Å². The molecule has 1 aliphatic carbocycles. The van der Waals surface area contributed by atoms with Gasteiger partial charge in [0.05, 0.1) is 12.1 Å². The minimum atomic E-state index is -0.846. The molecule has 1 aromatic heterocycles. The fourth-order valence-corrected chi connectivity index (χ4v) is 2.52. The van der Waals surface area contributed by atoms with E-state index in [1.165, 1.54) is 6.20 Å². The number of carbonyl (C=O) groups excluding carboxylic acids is 1. The summed E-state index contributed by atoms with van der Waals surface area (Å²) in [5.41, 5.74) is 0.651. The van der Waals surface area contributed by atoms with Gasteiger partial charge in [0.25, 0.3) is 5.91 Å². The Morgan fingerprint density at radius 1 is 1.37 bits per heavy atom. The van der Waals surface area contributed by atoms with Crippen molar-refractivity contribution < 1.29 is 19.2 Å². The van der Waals surface area contributed by atoms with Crippen LogP contribution >= 0.6 is 0 Å². The van der Waals surface area contributed by atoms with Crippen LogP contribution in [0.1, 0.15) is 48.2 Å². The van der Waals surface area contributed by atoms with E-state index in [0.717, 1.165) is 19.3 Å². The van der Waals surface area contributed by atoms with E-state index < -0.39 is 11.9 Å². The number of aryl methyl sites for hydroxylation is 1.